The van der Waals surface area contributed by atoms with Crippen LogP contribution in [-0.2, 0) is 4.79 Å². The monoisotopic (exact) mass is 277 g/mol. The maximum absolute atomic E-state index is 11.6. The van der Waals surface area contributed by atoms with Gasteiger partial charge in [-0.15, -0.1) is 0 Å². The lowest BCUT2D eigenvalue weighted by atomic mass is 9.92. The zero-order chi connectivity index (χ0) is 14.3. The van der Waals surface area contributed by atoms with E-state index in [4.69, 9.17) is 5.26 Å². The van der Waals surface area contributed by atoms with Crippen molar-refractivity contribution in [1.29, 1.82) is 5.26 Å². The van der Waals surface area contributed by atoms with E-state index in [2.05, 4.69) is 37.1 Å². The van der Waals surface area contributed by atoms with Crippen molar-refractivity contribution in [2.45, 2.75) is 32.2 Å². The maximum atomic E-state index is 11.6. The van der Waals surface area contributed by atoms with Gasteiger partial charge >= 0.3 is 0 Å². The van der Waals surface area contributed by atoms with E-state index in [0.29, 0.717) is 22.9 Å². The minimum Gasteiger partial charge on any atom is -0.355 e. The number of carbonyl (C=O) groups is 1. The average molecular weight is 277 g/mol. The number of nitrogens with zero attached hydrogens (tertiary/aromatic N) is 2. The topological polar surface area (TPSA) is 65.8 Å². The summed E-state index contributed by atoms with van der Waals surface area (Å²) in [6.45, 7) is 7.12. The van der Waals surface area contributed by atoms with E-state index in [-0.39, 0.29) is 11.3 Å². The molecule has 0 aromatic carbocycles. The maximum Gasteiger partial charge on any atom is 0.230 e. The number of aromatic nitrogens is 1. The van der Waals surface area contributed by atoms with E-state index in [1.165, 1.54) is 11.8 Å². The fraction of sp³-hybridized carbons (Fsp3) is 0.500. The van der Waals surface area contributed by atoms with Gasteiger partial charge in [-0.1, -0.05) is 32.5 Å². The molecular formula is C14H19N3OS. The second kappa shape index (κ2) is 7.15. The first-order chi connectivity index (χ1) is 8.90. The van der Waals surface area contributed by atoms with E-state index in [1.54, 1.807) is 18.3 Å². The number of hydrogen-bond acceptors (Lipinski definition) is 4. The number of pyridine rings is 1. The van der Waals surface area contributed by atoms with Crippen molar-refractivity contribution in [2.75, 3.05) is 12.3 Å². The third kappa shape index (κ3) is 6.82. The minimum absolute atomic E-state index is 0.00147. The van der Waals surface area contributed by atoms with Crippen LogP contribution >= 0.6 is 11.8 Å². The van der Waals surface area contributed by atoms with Gasteiger partial charge in [-0.2, -0.15) is 5.26 Å². The first-order valence-corrected chi connectivity index (χ1v) is 7.15. The van der Waals surface area contributed by atoms with Gasteiger partial charge in [0.1, 0.15) is 0 Å². The number of carbonyl (C=O) groups excluding carboxylic acids is 1. The molecule has 1 amide bonds. The molecule has 0 spiro atoms. The molecule has 1 N–H and O–H groups in total. The van der Waals surface area contributed by atoms with Crippen LogP contribution < -0.4 is 5.32 Å². The lowest BCUT2D eigenvalue weighted by Gasteiger charge is -2.17. The molecule has 1 rings (SSSR count). The molecule has 1 aromatic rings. The molecule has 1 heterocycles. The molecule has 19 heavy (non-hydrogen) atoms. The van der Waals surface area contributed by atoms with Gasteiger partial charge in [-0.3, -0.25) is 4.79 Å². The van der Waals surface area contributed by atoms with Gasteiger partial charge in [0.25, 0.3) is 0 Å². The Kier molecular flexibility index (Phi) is 5.84. The third-order valence-corrected chi connectivity index (χ3v) is 3.34. The Hall–Kier alpha value is -1.54. The van der Waals surface area contributed by atoms with Crippen LogP contribution in [0.2, 0.25) is 0 Å². The average Bonchev–Trinajstić information content (AvgIpc) is 2.35. The van der Waals surface area contributed by atoms with E-state index >= 15 is 0 Å². The number of hydrogen-bond donors (Lipinski definition) is 1. The number of amides is 1. The second-order valence-electron chi connectivity index (χ2n) is 5.44. The van der Waals surface area contributed by atoms with Crippen molar-refractivity contribution in [1.82, 2.24) is 10.3 Å². The summed E-state index contributed by atoms with van der Waals surface area (Å²) in [4.78, 5) is 15.7. The smallest absolute Gasteiger partial charge is 0.230 e. The Morgan fingerprint density at radius 3 is 2.89 bits per heavy atom. The fourth-order valence-corrected chi connectivity index (χ4v) is 2.05. The molecule has 0 aliphatic carbocycles. The summed E-state index contributed by atoms with van der Waals surface area (Å²) >= 11 is 1.34. The van der Waals surface area contributed by atoms with Crippen LogP contribution in [0, 0.1) is 16.7 Å². The predicted octanol–water partition coefficient (Wildman–Crippen LogP) is 2.60. The molecule has 0 aliphatic heterocycles. The minimum atomic E-state index is -0.00147. The summed E-state index contributed by atoms with van der Waals surface area (Å²) in [6, 6.07) is 5.39. The number of rotatable bonds is 5. The van der Waals surface area contributed by atoms with Gasteiger partial charge in [-0.05, 0) is 24.0 Å². The number of nitriles is 1. The van der Waals surface area contributed by atoms with Crippen molar-refractivity contribution in [3.05, 3.63) is 23.9 Å². The molecule has 1 aromatic heterocycles. The van der Waals surface area contributed by atoms with Gasteiger partial charge in [0.2, 0.25) is 5.91 Å². The molecule has 0 fully saturated rings. The first-order valence-electron chi connectivity index (χ1n) is 6.16. The third-order valence-electron chi connectivity index (χ3n) is 2.41. The molecule has 0 saturated carbocycles. The lowest BCUT2D eigenvalue weighted by molar-refractivity contribution is -0.118. The summed E-state index contributed by atoms with van der Waals surface area (Å²) in [5.74, 6) is 0.324. The highest BCUT2D eigenvalue weighted by atomic mass is 32.2. The Morgan fingerprint density at radius 2 is 2.26 bits per heavy atom. The molecule has 0 saturated heterocycles. The molecule has 5 heteroatoms. The summed E-state index contributed by atoms with van der Waals surface area (Å²) in [7, 11) is 0. The Morgan fingerprint density at radius 1 is 1.53 bits per heavy atom. The molecule has 4 nitrogen and oxygen atoms in total. The van der Waals surface area contributed by atoms with Crippen LogP contribution in [0.5, 0.6) is 0 Å². The molecule has 102 valence electrons. The summed E-state index contributed by atoms with van der Waals surface area (Å²) in [5.41, 5.74) is 0.786. The number of thioether (sulfide) groups is 1. The van der Waals surface area contributed by atoms with Gasteiger partial charge in [-0.25, -0.2) is 4.98 Å². The summed E-state index contributed by atoms with van der Waals surface area (Å²) < 4.78 is 0. The van der Waals surface area contributed by atoms with E-state index in [0.717, 1.165) is 6.42 Å². The number of nitrogens with one attached hydrogen (secondary N) is 1. The van der Waals surface area contributed by atoms with E-state index < -0.39 is 0 Å². The van der Waals surface area contributed by atoms with Gasteiger partial charge in [0, 0.05) is 12.7 Å². The molecule has 0 aliphatic rings. The molecule has 0 atom stereocenters. The zero-order valence-corrected chi connectivity index (χ0v) is 12.4. The first kappa shape index (κ1) is 15.5. The van der Waals surface area contributed by atoms with Crippen LogP contribution in [0.15, 0.2) is 23.4 Å². The van der Waals surface area contributed by atoms with Gasteiger partial charge < -0.3 is 5.32 Å². The zero-order valence-electron chi connectivity index (χ0n) is 11.6. The largest absolute Gasteiger partial charge is 0.355 e. The Balaban J connectivity index is 2.32. The van der Waals surface area contributed by atoms with Crippen molar-refractivity contribution in [2.24, 2.45) is 5.41 Å². The van der Waals surface area contributed by atoms with Crippen LogP contribution in [0.3, 0.4) is 0 Å². The lowest BCUT2D eigenvalue weighted by Crippen LogP contribution is -2.28. The fourth-order valence-electron chi connectivity index (χ4n) is 1.33. The van der Waals surface area contributed by atoms with Crippen molar-refractivity contribution in [3.8, 4) is 6.07 Å². The highest BCUT2D eigenvalue weighted by Gasteiger charge is 2.10. The Bertz CT molecular complexity index is 474. The highest BCUT2D eigenvalue weighted by Crippen LogP contribution is 2.17. The van der Waals surface area contributed by atoms with Gasteiger partial charge in [0.05, 0.1) is 22.4 Å². The summed E-state index contributed by atoms with van der Waals surface area (Å²) in [5, 5.41) is 12.4. The van der Waals surface area contributed by atoms with Gasteiger partial charge in [0.15, 0.2) is 0 Å². The van der Waals surface area contributed by atoms with Crippen LogP contribution in [0.4, 0.5) is 0 Å². The van der Waals surface area contributed by atoms with Crippen molar-refractivity contribution in [3.63, 3.8) is 0 Å². The predicted molar refractivity (Wildman–Crippen MR) is 76.8 cm³/mol. The summed E-state index contributed by atoms with van der Waals surface area (Å²) in [6.07, 6.45) is 2.53. The van der Waals surface area contributed by atoms with Crippen LogP contribution in [-0.4, -0.2) is 23.2 Å². The van der Waals surface area contributed by atoms with E-state index in [1.807, 2.05) is 0 Å². The Labute approximate surface area is 118 Å². The quantitative estimate of drug-likeness (QED) is 0.840. The molecule has 0 bridgehead atoms. The normalized spacial score (nSPS) is 10.8. The van der Waals surface area contributed by atoms with E-state index in [9.17, 15) is 4.79 Å². The van der Waals surface area contributed by atoms with Crippen LogP contribution in [0.1, 0.15) is 32.8 Å². The standard InChI is InChI=1S/C14H19N3OS/c1-14(2,3)5-7-16-12(18)10-19-13-8-11(9-15)4-6-17-13/h4,6,8H,5,7,10H2,1-3H3,(H,16,18). The van der Waals surface area contributed by atoms with Crippen LogP contribution in [0.25, 0.3) is 0 Å². The molecule has 0 radical (unpaired) electrons. The highest BCUT2D eigenvalue weighted by molar-refractivity contribution is 7.99. The molecular weight excluding hydrogens is 258 g/mol. The second-order valence-corrected chi connectivity index (χ2v) is 6.44. The SMILES string of the molecule is CC(C)(C)CCNC(=O)CSc1cc(C#N)ccn1. The van der Waals surface area contributed by atoms with Crippen molar-refractivity contribution >= 4 is 17.7 Å². The molecule has 0 unspecified atom stereocenters. The van der Waals surface area contributed by atoms with Crippen molar-refractivity contribution < 1.29 is 4.79 Å².